The molecule has 0 bridgehead atoms. The number of thioether (sulfide) groups is 1. The van der Waals surface area contributed by atoms with Gasteiger partial charge in [0.25, 0.3) is 21.8 Å². The van der Waals surface area contributed by atoms with Crippen LogP contribution in [-0.2, 0) is 14.8 Å². The van der Waals surface area contributed by atoms with E-state index in [0.717, 1.165) is 0 Å². The molecule has 2 N–H and O–H groups in total. The molecule has 0 saturated carbocycles. The minimum Gasteiger partial charge on any atom is -0.481 e. The third-order valence-electron chi connectivity index (χ3n) is 4.57. The van der Waals surface area contributed by atoms with Crippen molar-refractivity contribution < 1.29 is 22.7 Å². The number of aryl methyl sites for hydroxylation is 1. The molecule has 2 aromatic carbocycles. The quantitative estimate of drug-likeness (QED) is 0.406. The lowest BCUT2D eigenvalue weighted by atomic mass is 10.0. The molecular weight excluding hydrogens is 448 g/mol. The summed E-state index contributed by atoms with van der Waals surface area (Å²) < 4.78 is 33.2. The molecule has 0 heterocycles. The molecule has 1 unspecified atom stereocenters. The maximum absolute atomic E-state index is 12.8. The zero-order chi connectivity index (χ0) is 23.7. The lowest BCUT2D eigenvalue weighted by Gasteiger charge is -2.16. The highest BCUT2D eigenvalue weighted by Crippen LogP contribution is 2.20. The smallest absolute Gasteiger partial charge is 0.274 e. The van der Waals surface area contributed by atoms with Crippen LogP contribution in [0.15, 0.2) is 47.4 Å². The van der Waals surface area contributed by atoms with Gasteiger partial charge in [-0.15, -0.1) is 18.2 Å². The predicted molar refractivity (Wildman–Crippen MR) is 126 cm³/mol. The summed E-state index contributed by atoms with van der Waals surface area (Å²) in [5, 5.41) is 2.76. The SMILES string of the molecule is C#CCSCCNC(=O)c1cc(S(=O)(=O)NC(=O)C(C)Oc2ccccc2)cc(C)c1C. The minimum absolute atomic E-state index is 0.173. The summed E-state index contributed by atoms with van der Waals surface area (Å²) in [6.07, 6.45) is 4.15. The highest BCUT2D eigenvalue weighted by Gasteiger charge is 2.25. The van der Waals surface area contributed by atoms with E-state index >= 15 is 0 Å². The Morgan fingerprint density at radius 2 is 1.88 bits per heavy atom. The number of carbonyl (C=O) groups excluding carboxylic acids is 2. The second kappa shape index (κ2) is 11.6. The van der Waals surface area contributed by atoms with Crippen LogP contribution in [0.2, 0.25) is 0 Å². The Labute approximate surface area is 193 Å². The van der Waals surface area contributed by atoms with E-state index in [1.165, 1.54) is 30.8 Å². The summed E-state index contributed by atoms with van der Waals surface area (Å²) in [6.45, 7) is 5.29. The monoisotopic (exact) mass is 474 g/mol. The first-order valence-electron chi connectivity index (χ1n) is 9.84. The second-order valence-electron chi connectivity index (χ2n) is 6.97. The molecule has 1 atom stereocenters. The molecule has 9 heteroatoms. The minimum atomic E-state index is -4.21. The Kier molecular flexibility index (Phi) is 9.17. The van der Waals surface area contributed by atoms with Crippen LogP contribution >= 0.6 is 11.8 Å². The van der Waals surface area contributed by atoms with Crippen molar-refractivity contribution in [1.29, 1.82) is 0 Å². The highest BCUT2D eigenvalue weighted by atomic mass is 32.2. The molecule has 0 spiro atoms. The lowest BCUT2D eigenvalue weighted by Crippen LogP contribution is -2.40. The molecule has 32 heavy (non-hydrogen) atoms. The van der Waals surface area contributed by atoms with Gasteiger partial charge in [-0.3, -0.25) is 9.59 Å². The molecule has 2 amide bonds. The van der Waals surface area contributed by atoms with E-state index in [9.17, 15) is 18.0 Å². The van der Waals surface area contributed by atoms with Crippen molar-refractivity contribution >= 4 is 33.6 Å². The van der Waals surface area contributed by atoms with Crippen molar-refractivity contribution in [2.75, 3.05) is 18.1 Å². The van der Waals surface area contributed by atoms with Crippen LogP contribution < -0.4 is 14.8 Å². The van der Waals surface area contributed by atoms with Crippen molar-refractivity contribution in [2.24, 2.45) is 0 Å². The second-order valence-corrected chi connectivity index (χ2v) is 9.76. The average Bonchev–Trinajstić information content (AvgIpc) is 2.75. The Morgan fingerprint density at radius 3 is 2.53 bits per heavy atom. The molecule has 0 fully saturated rings. The van der Waals surface area contributed by atoms with E-state index in [0.29, 0.717) is 34.9 Å². The van der Waals surface area contributed by atoms with Crippen LogP contribution in [0, 0.1) is 26.2 Å². The van der Waals surface area contributed by atoms with E-state index in [-0.39, 0.29) is 10.5 Å². The molecule has 0 aliphatic heterocycles. The van der Waals surface area contributed by atoms with Crippen LogP contribution in [0.5, 0.6) is 5.75 Å². The van der Waals surface area contributed by atoms with Gasteiger partial charge in [-0.25, -0.2) is 13.1 Å². The first-order chi connectivity index (χ1) is 15.2. The zero-order valence-electron chi connectivity index (χ0n) is 18.2. The van der Waals surface area contributed by atoms with Gasteiger partial charge < -0.3 is 10.1 Å². The van der Waals surface area contributed by atoms with E-state index < -0.39 is 27.9 Å². The average molecular weight is 475 g/mol. The number of hydrogen-bond acceptors (Lipinski definition) is 6. The largest absolute Gasteiger partial charge is 0.481 e. The van der Waals surface area contributed by atoms with Crippen molar-refractivity contribution in [3.63, 3.8) is 0 Å². The van der Waals surface area contributed by atoms with Crippen LogP contribution in [0.3, 0.4) is 0 Å². The summed E-state index contributed by atoms with van der Waals surface area (Å²) in [5.74, 6) is 2.93. The molecule has 0 radical (unpaired) electrons. The third kappa shape index (κ3) is 7.04. The molecule has 2 aromatic rings. The van der Waals surface area contributed by atoms with Gasteiger partial charge in [0.05, 0.1) is 10.6 Å². The first kappa shape index (κ1) is 25.3. The number of carbonyl (C=O) groups is 2. The number of sulfonamides is 1. The van der Waals surface area contributed by atoms with Gasteiger partial charge in [0, 0.05) is 17.9 Å². The Hall–Kier alpha value is -2.96. The number of para-hydroxylation sites is 1. The number of nitrogens with one attached hydrogen (secondary N) is 2. The van der Waals surface area contributed by atoms with Crippen LogP contribution in [-0.4, -0.2) is 44.4 Å². The van der Waals surface area contributed by atoms with Crippen molar-refractivity contribution in [1.82, 2.24) is 10.0 Å². The Balaban J connectivity index is 2.14. The maximum Gasteiger partial charge on any atom is 0.274 e. The molecule has 0 aromatic heterocycles. The lowest BCUT2D eigenvalue weighted by molar-refractivity contribution is -0.125. The van der Waals surface area contributed by atoms with Crippen molar-refractivity contribution in [3.8, 4) is 18.1 Å². The molecule has 0 saturated heterocycles. The molecule has 7 nitrogen and oxygen atoms in total. The fourth-order valence-electron chi connectivity index (χ4n) is 2.71. The van der Waals surface area contributed by atoms with Gasteiger partial charge in [0.1, 0.15) is 5.75 Å². The number of hydrogen-bond donors (Lipinski definition) is 2. The number of benzene rings is 2. The molecule has 2 rings (SSSR count). The number of terminal acetylenes is 1. The molecule has 0 aliphatic rings. The summed E-state index contributed by atoms with van der Waals surface area (Å²) in [7, 11) is -4.21. The van der Waals surface area contributed by atoms with Crippen LogP contribution in [0.4, 0.5) is 0 Å². The van der Waals surface area contributed by atoms with Gasteiger partial charge in [-0.2, -0.15) is 0 Å². The Morgan fingerprint density at radius 1 is 1.19 bits per heavy atom. The number of rotatable bonds is 10. The van der Waals surface area contributed by atoms with Crippen molar-refractivity contribution in [2.45, 2.75) is 31.8 Å². The number of amides is 2. The van der Waals surface area contributed by atoms with Crippen molar-refractivity contribution in [3.05, 3.63) is 59.2 Å². The van der Waals surface area contributed by atoms with Crippen LogP contribution in [0.1, 0.15) is 28.4 Å². The number of ether oxygens (including phenoxy) is 1. The van der Waals surface area contributed by atoms with E-state index in [1.807, 2.05) is 4.72 Å². The predicted octanol–water partition coefficient (Wildman–Crippen LogP) is 2.67. The first-order valence-corrected chi connectivity index (χ1v) is 12.5. The fraction of sp³-hybridized carbons (Fsp3) is 0.304. The van der Waals surface area contributed by atoms with Gasteiger partial charge in [0.15, 0.2) is 6.10 Å². The van der Waals surface area contributed by atoms with E-state index in [2.05, 4.69) is 11.2 Å². The zero-order valence-corrected chi connectivity index (χ0v) is 19.8. The van der Waals surface area contributed by atoms with Crippen LogP contribution in [0.25, 0.3) is 0 Å². The van der Waals surface area contributed by atoms with E-state index in [1.54, 1.807) is 44.2 Å². The standard InChI is InChI=1S/C23H26N2O5S2/c1-5-12-31-13-11-24-23(27)21-15-20(14-16(2)17(21)3)32(28,29)25-22(26)18(4)30-19-9-7-6-8-10-19/h1,6-10,14-15,18H,11-13H2,2-4H3,(H,24,27)(H,25,26). The Bertz CT molecular complexity index is 1110. The maximum atomic E-state index is 12.8. The van der Waals surface area contributed by atoms with Gasteiger partial charge in [0.2, 0.25) is 0 Å². The summed E-state index contributed by atoms with van der Waals surface area (Å²) in [4.78, 5) is 24.9. The third-order valence-corrected chi connectivity index (χ3v) is 6.76. The summed E-state index contributed by atoms with van der Waals surface area (Å²) >= 11 is 1.51. The van der Waals surface area contributed by atoms with Gasteiger partial charge in [-0.05, 0) is 56.2 Å². The van der Waals surface area contributed by atoms with E-state index in [4.69, 9.17) is 11.2 Å². The molecule has 170 valence electrons. The van der Waals surface area contributed by atoms with Gasteiger partial charge in [-0.1, -0.05) is 24.1 Å². The fourth-order valence-corrected chi connectivity index (χ4v) is 4.37. The highest BCUT2D eigenvalue weighted by molar-refractivity contribution is 7.99. The summed E-state index contributed by atoms with van der Waals surface area (Å²) in [5.41, 5.74) is 1.50. The normalized spacial score (nSPS) is 11.8. The molecule has 0 aliphatic carbocycles. The summed E-state index contributed by atoms with van der Waals surface area (Å²) in [6, 6.07) is 11.3. The topological polar surface area (TPSA) is 102 Å². The van der Waals surface area contributed by atoms with Gasteiger partial charge >= 0.3 is 0 Å². The molecular formula is C23H26N2O5S2.